The largest absolute Gasteiger partial charge is 3.00 e. The zero-order valence-electron chi connectivity index (χ0n) is 28.2. The molecule has 0 spiro atoms. The predicted molar refractivity (Wildman–Crippen MR) is 195 cm³/mol. The predicted octanol–water partition coefficient (Wildman–Crippen LogP) is 4.53. The van der Waals surface area contributed by atoms with Gasteiger partial charge in [-0.2, -0.15) is 10.2 Å². The van der Waals surface area contributed by atoms with Gasteiger partial charge in [0, 0.05) is 10.0 Å². The molecule has 0 saturated carbocycles. The van der Waals surface area contributed by atoms with E-state index >= 15 is 0 Å². The molecule has 1 radical (unpaired) electrons. The van der Waals surface area contributed by atoms with Gasteiger partial charge >= 0.3 is 17.4 Å². The average molecular weight is 866 g/mol. The maximum absolute atomic E-state index is 12.6. The summed E-state index contributed by atoms with van der Waals surface area (Å²) in [5.74, 6) is -1.12. The van der Waals surface area contributed by atoms with Crippen LogP contribution in [0.1, 0.15) is 11.4 Å². The van der Waals surface area contributed by atoms with Crippen molar-refractivity contribution in [3.8, 4) is 22.9 Å². The first-order chi connectivity index (χ1) is 25.3. The Morgan fingerprint density at radius 1 is 0.600 bits per heavy atom. The summed E-state index contributed by atoms with van der Waals surface area (Å²) in [5.41, 5.74) is 0.215. The van der Waals surface area contributed by atoms with E-state index in [1.165, 1.54) is 9.36 Å². The van der Waals surface area contributed by atoms with Gasteiger partial charge in [0.15, 0.2) is 11.4 Å². The maximum atomic E-state index is 12.6. The van der Waals surface area contributed by atoms with Gasteiger partial charge in [-0.3, -0.25) is 19.8 Å². The molecule has 2 aromatic heterocycles. The third kappa shape index (κ3) is 10.0. The van der Waals surface area contributed by atoms with Crippen LogP contribution in [-0.2, 0) is 37.4 Å². The molecular weight excluding hydrogens is 839 g/mol. The Morgan fingerprint density at radius 2 is 0.964 bits per heavy atom. The second-order valence-electron chi connectivity index (χ2n) is 11.2. The second kappa shape index (κ2) is 17.0. The average Bonchev–Trinajstić information content (AvgIpc) is 3.55. The number of nitrogens with zero attached hydrogens (tertiary/aromatic N) is 6. The Hall–Kier alpha value is -5.37. The summed E-state index contributed by atoms with van der Waals surface area (Å²) in [7, 11) is -8.00. The number of hydrogen-bond acceptors (Lipinski definition) is 12. The third-order valence-corrected chi connectivity index (χ3v) is 9.54. The summed E-state index contributed by atoms with van der Waals surface area (Å²) in [6.07, 6.45) is 0. The minimum Gasteiger partial charge on any atom is -0.871 e. The smallest absolute Gasteiger partial charge is 0.871 e. The molecule has 0 amide bonds. The molecule has 0 aliphatic carbocycles. The van der Waals surface area contributed by atoms with Gasteiger partial charge in [-0.1, -0.05) is 59.0 Å². The number of aromatic amines is 2. The van der Waals surface area contributed by atoms with Gasteiger partial charge in [0.1, 0.15) is 0 Å². The van der Waals surface area contributed by atoms with E-state index in [1.807, 2.05) is 0 Å². The molecule has 0 unspecified atom stereocenters. The van der Waals surface area contributed by atoms with Gasteiger partial charge < -0.3 is 10.2 Å². The van der Waals surface area contributed by atoms with Crippen molar-refractivity contribution in [2.24, 2.45) is 30.7 Å². The van der Waals surface area contributed by atoms with E-state index in [1.54, 1.807) is 62.4 Å². The number of halogens is 2. The summed E-state index contributed by atoms with van der Waals surface area (Å²) < 4.78 is 48.1. The maximum Gasteiger partial charge on any atom is 3.00 e. The molecule has 6 rings (SSSR count). The van der Waals surface area contributed by atoms with Crippen LogP contribution in [0.25, 0.3) is 11.4 Å². The number of azo groups is 2. The van der Waals surface area contributed by atoms with Crippen molar-refractivity contribution in [3.05, 3.63) is 127 Å². The number of nitrogens with two attached hydrogens (primary N) is 2. The van der Waals surface area contributed by atoms with Crippen molar-refractivity contribution in [2.75, 3.05) is 0 Å². The molecule has 0 aliphatic rings. The fourth-order valence-corrected chi connectivity index (χ4v) is 6.05. The molecule has 55 heavy (non-hydrogen) atoms. The van der Waals surface area contributed by atoms with Crippen molar-refractivity contribution < 1.29 is 44.4 Å². The van der Waals surface area contributed by atoms with Gasteiger partial charge in [0.05, 0.1) is 43.9 Å². The molecule has 23 heteroatoms. The first-order valence-electron chi connectivity index (χ1n) is 15.0. The van der Waals surface area contributed by atoms with Crippen LogP contribution >= 0.6 is 23.2 Å². The number of primary sulfonamides is 2. The van der Waals surface area contributed by atoms with Gasteiger partial charge in [-0.25, -0.2) is 36.5 Å². The van der Waals surface area contributed by atoms with E-state index in [9.17, 15) is 36.6 Å². The number of hydrogen-bond donors (Lipinski definition) is 4. The van der Waals surface area contributed by atoms with Gasteiger partial charge in [0.25, 0.3) is 11.1 Å². The first-order valence-corrected chi connectivity index (χ1v) is 18.8. The SMILES string of the molecule is Cc1[nH]n(-c2cccc(Cl)c2)c(=O)c1N=Nc1cc(S(N)(=O)=O)ccc1[O-].Cc1[nH]n(-c2cccc(Cl)c2)c(=O)c1N=Nc1cc(S(N)(=O)=O)ccc1[O-].[Cr+3]. The number of aromatic nitrogens is 4. The number of aryl methyl sites for hydroxylation is 2. The van der Waals surface area contributed by atoms with Crippen molar-refractivity contribution in [2.45, 2.75) is 23.6 Å². The summed E-state index contributed by atoms with van der Waals surface area (Å²) in [6, 6.07) is 19.4. The van der Waals surface area contributed by atoms with Crippen molar-refractivity contribution in [3.63, 3.8) is 0 Å². The number of H-pyrrole nitrogens is 2. The Balaban J connectivity index is 0.000000240. The van der Waals surface area contributed by atoms with Crippen LogP contribution in [-0.4, -0.2) is 36.4 Å². The summed E-state index contributed by atoms with van der Waals surface area (Å²) in [5, 5.41) is 55.5. The topological polar surface area (TPSA) is 291 Å². The Bertz CT molecular complexity index is 2630. The number of rotatable bonds is 8. The van der Waals surface area contributed by atoms with Crippen LogP contribution in [0.3, 0.4) is 0 Å². The molecule has 283 valence electrons. The molecule has 0 bridgehead atoms. The second-order valence-corrected chi connectivity index (χ2v) is 15.2. The molecule has 6 aromatic rings. The fraction of sp³-hybridized carbons (Fsp3) is 0.0625. The van der Waals surface area contributed by atoms with E-state index in [0.717, 1.165) is 36.4 Å². The minimum absolute atomic E-state index is 0. The van der Waals surface area contributed by atoms with E-state index in [2.05, 4.69) is 30.7 Å². The number of nitrogens with one attached hydrogen (secondary N) is 2. The summed E-state index contributed by atoms with van der Waals surface area (Å²) in [4.78, 5) is 24.6. The fourth-order valence-electron chi connectivity index (χ4n) is 4.62. The zero-order chi connectivity index (χ0) is 39.5. The molecule has 18 nitrogen and oxygen atoms in total. The Labute approximate surface area is 332 Å². The third-order valence-electron chi connectivity index (χ3n) is 7.25. The number of benzene rings is 4. The van der Waals surface area contributed by atoms with E-state index in [4.69, 9.17) is 33.5 Å². The Morgan fingerprint density at radius 3 is 1.29 bits per heavy atom. The van der Waals surface area contributed by atoms with E-state index in [0.29, 0.717) is 32.8 Å². The van der Waals surface area contributed by atoms with Gasteiger partial charge in [-0.15, -0.1) is 10.2 Å². The van der Waals surface area contributed by atoms with Crippen LogP contribution < -0.4 is 31.6 Å². The normalized spacial score (nSPS) is 11.7. The molecule has 2 heterocycles. The monoisotopic (exact) mass is 864 g/mol. The minimum atomic E-state index is -4.00. The van der Waals surface area contributed by atoms with Crippen molar-refractivity contribution in [1.82, 2.24) is 19.6 Å². The van der Waals surface area contributed by atoms with Crippen LogP contribution in [0.15, 0.2) is 125 Å². The quantitative estimate of drug-likeness (QED) is 0.157. The number of sulfonamides is 2. The zero-order valence-corrected chi connectivity index (χ0v) is 32.6. The summed E-state index contributed by atoms with van der Waals surface area (Å²) >= 11 is 11.9. The molecule has 6 N–H and O–H groups in total. The van der Waals surface area contributed by atoms with Crippen LogP contribution in [0, 0.1) is 13.8 Å². The molecule has 0 atom stereocenters. The van der Waals surface area contributed by atoms with Gasteiger partial charge in [-0.05, 0) is 74.5 Å². The van der Waals surface area contributed by atoms with E-state index in [-0.39, 0.29) is 49.9 Å². The van der Waals surface area contributed by atoms with Crippen LogP contribution in [0.4, 0.5) is 22.7 Å². The van der Waals surface area contributed by atoms with Gasteiger partial charge in [0.2, 0.25) is 20.0 Å². The van der Waals surface area contributed by atoms with Crippen molar-refractivity contribution in [1.29, 1.82) is 0 Å². The summed E-state index contributed by atoms with van der Waals surface area (Å²) in [6.45, 7) is 3.21. The van der Waals surface area contributed by atoms with E-state index < -0.39 is 42.7 Å². The standard InChI is InChI=1S/2C16H14ClN5O4S.Cr/c2*1-9-15(16(24)22(21-9)11-4-2-3-10(17)7-11)20-19-13-8-12(27(18,25)26)5-6-14(13)23;/h2*2-8,21,23H,1H3,(H2,18,25,26);/q;;+3/p-2. The molecule has 0 aliphatic heterocycles. The first kappa shape index (κ1) is 42.4. The van der Waals surface area contributed by atoms with Crippen LogP contribution in [0.2, 0.25) is 10.0 Å². The van der Waals surface area contributed by atoms with Crippen molar-refractivity contribution >= 4 is 66.0 Å². The van der Waals surface area contributed by atoms with Crippen LogP contribution in [0.5, 0.6) is 11.5 Å². The Kier molecular flexibility index (Phi) is 13.1. The molecule has 4 aromatic carbocycles. The molecule has 0 fully saturated rings. The molecular formula is C32H26Cl2CrN10O8S2+. The molecule has 0 saturated heterocycles.